The second kappa shape index (κ2) is 8.71. The van der Waals surface area contributed by atoms with Gasteiger partial charge in [0, 0.05) is 23.9 Å². The Bertz CT molecular complexity index is 1190. The first kappa shape index (κ1) is 22.2. The van der Waals surface area contributed by atoms with E-state index in [1.54, 1.807) is 24.3 Å². The lowest BCUT2D eigenvalue weighted by Crippen LogP contribution is -2.09. The van der Waals surface area contributed by atoms with Crippen molar-refractivity contribution < 1.29 is 28.1 Å². The van der Waals surface area contributed by atoms with Gasteiger partial charge in [0.2, 0.25) is 0 Å². The molecule has 0 fully saturated rings. The number of hydrogen-bond acceptors (Lipinski definition) is 7. The highest BCUT2D eigenvalue weighted by atomic mass is 19.4. The molecule has 0 unspecified atom stereocenters. The molecule has 0 radical (unpaired) electrons. The van der Waals surface area contributed by atoms with Crippen LogP contribution in [0.4, 0.5) is 41.6 Å². The van der Waals surface area contributed by atoms with E-state index >= 15 is 0 Å². The molecule has 3 rings (SSSR count). The third-order valence-corrected chi connectivity index (χ3v) is 4.26. The number of nitro groups is 2. The van der Waals surface area contributed by atoms with Crippen LogP contribution in [0, 0.1) is 20.2 Å². The molecule has 3 aromatic carbocycles. The summed E-state index contributed by atoms with van der Waals surface area (Å²) < 4.78 is 39.3. The van der Waals surface area contributed by atoms with Crippen LogP contribution in [0.1, 0.15) is 11.1 Å². The minimum atomic E-state index is -5.02. The largest absolute Gasteiger partial charge is 0.507 e. The number of halogens is 3. The molecule has 0 saturated carbocycles. The van der Waals surface area contributed by atoms with Gasteiger partial charge in [-0.3, -0.25) is 25.2 Å². The van der Waals surface area contributed by atoms with Crippen molar-refractivity contribution in [2.24, 2.45) is 4.99 Å². The number of nitro benzene ring substituents is 2. The van der Waals surface area contributed by atoms with E-state index < -0.39 is 38.6 Å². The Labute approximate surface area is 177 Å². The molecule has 0 bridgehead atoms. The first-order chi connectivity index (χ1) is 15.1. The van der Waals surface area contributed by atoms with Crippen LogP contribution in [0.3, 0.4) is 0 Å². The molecule has 0 aromatic heterocycles. The molecule has 2 N–H and O–H groups in total. The maximum absolute atomic E-state index is 13.1. The highest BCUT2D eigenvalue weighted by molar-refractivity contribution is 5.89. The first-order valence-corrected chi connectivity index (χ1v) is 8.80. The van der Waals surface area contributed by atoms with Gasteiger partial charge in [-0.2, -0.15) is 13.2 Å². The van der Waals surface area contributed by atoms with Crippen LogP contribution in [0.5, 0.6) is 5.75 Å². The van der Waals surface area contributed by atoms with E-state index in [1.807, 2.05) is 0 Å². The molecule has 0 aliphatic heterocycles. The van der Waals surface area contributed by atoms with Gasteiger partial charge in [-0.25, -0.2) is 0 Å². The average Bonchev–Trinajstić information content (AvgIpc) is 2.73. The average molecular weight is 446 g/mol. The molecule has 0 heterocycles. The van der Waals surface area contributed by atoms with Crippen LogP contribution in [0.15, 0.2) is 65.7 Å². The van der Waals surface area contributed by atoms with Crippen LogP contribution >= 0.6 is 0 Å². The number of alkyl halides is 3. The van der Waals surface area contributed by atoms with E-state index in [0.29, 0.717) is 5.56 Å². The van der Waals surface area contributed by atoms with Crippen molar-refractivity contribution in [3.05, 3.63) is 92.0 Å². The number of aromatic hydroxyl groups is 1. The number of para-hydroxylation sites is 3. The fourth-order valence-electron chi connectivity index (χ4n) is 2.75. The number of anilines is 2. The number of hydrogen-bond donors (Lipinski definition) is 2. The second-order valence-corrected chi connectivity index (χ2v) is 6.36. The predicted octanol–water partition coefficient (Wildman–Crippen LogP) is 5.72. The molecule has 164 valence electrons. The van der Waals surface area contributed by atoms with Gasteiger partial charge in [0.1, 0.15) is 5.75 Å². The Hall–Kier alpha value is -4.48. The van der Waals surface area contributed by atoms with Crippen molar-refractivity contribution in [2.75, 3.05) is 5.32 Å². The Kier molecular flexibility index (Phi) is 6.05. The number of rotatable bonds is 6. The molecular weight excluding hydrogens is 433 g/mol. The number of phenolic OH excluding ortho intramolecular Hbond substituents is 1. The van der Waals surface area contributed by atoms with Crippen molar-refractivity contribution in [2.45, 2.75) is 6.18 Å². The standard InChI is InChI=1S/C20H13F3N4O5/c21-20(22,23)13-9-16(26(29)30)19(17(10-13)27(31)32)25-15-7-3-2-6-14(15)24-11-12-5-1-4-8-18(12)28/h1-11,25,28H. The van der Waals surface area contributed by atoms with Crippen molar-refractivity contribution >= 4 is 34.7 Å². The molecule has 0 amide bonds. The zero-order valence-electron chi connectivity index (χ0n) is 15.9. The van der Waals surface area contributed by atoms with Gasteiger partial charge in [0.05, 0.1) is 26.8 Å². The van der Waals surface area contributed by atoms with Gasteiger partial charge in [-0.1, -0.05) is 24.3 Å². The SMILES string of the molecule is O=[N+]([O-])c1cc(C(F)(F)F)cc([N+](=O)[O-])c1Nc1ccccc1N=Cc1ccccc1O. The van der Waals surface area contributed by atoms with Crippen molar-refractivity contribution in [1.29, 1.82) is 0 Å². The molecule has 0 aliphatic carbocycles. The highest BCUT2D eigenvalue weighted by Crippen LogP contribution is 2.43. The summed E-state index contributed by atoms with van der Waals surface area (Å²) in [5, 5.41) is 35.1. The summed E-state index contributed by atoms with van der Waals surface area (Å²) in [7, 11) is 0. The molecule has 0 spiro atoms. The normalized spacial score (nSPS) is 11.5. The third-order valence-electron chi connectivity index (χ3n) is 4.26. The fourth-order valence-corrected chi connectivity index (χ4v) is 2.75. The Morgan fingerprint density at radius 1 is 0.938 bits per heavy atom. The number of benzene rings is 3. The summed E-state index contributed by atoms with van der Waals surface area (Å²) in [5.41, 5.74) is -3.90. The summed E-state index contributed by atoms with van der Waals surface area (Å²) in [5.74, 6) is -0.0595. The van der Waals surface area contributed by atoms with Crippen molar-refractivity contribution in [3.63, 3.8) is 0 Å². The minimum absolute atomic E-state index is 0.0595. The minimum Gasteiger partial charge on any atom is -0.507 e. The Balaban J connectivity index is 2.11. The van der Waals surface area contributed by atoms with E-state index in [9.17, 15) is 38.5 Å². The molecular formula is C20H13F3N4O5. The third kappa shape index (κ3) is 4.80. The highest BCUT2D eigenvalue weighted by Gasteiger charge is 2.37. The molecule has 0 atom stereocenters. The van der Waals surface area contributed by atoms with Gasteiger partial charge >= 0.3 is 6.18 Å². The summed E-state index contributed by atoms with van der Waals surface area (Å²) in [6, 6.07) is 12.6. The summed E-state index contributed by atoms with van der Waals surface area (Å²) in [6.45, 7) is 0. The zero-order chi connectivity index (χ0) is 23.5. The molecule has 0 aliphatic rings. The zero-order valence-corrected chi connectivity index (χ0v) is 15.9. The summed E-state index contributed by atoms with van der Waals surface area (Å²) in [6.07, 6.45) is -3.72. The first-order valence-electron chi connectivity index (χ1n) is 8.80. The smallest absolute Gasteiger partial charge is 0.416 e. The van der Waals surface area contributed by atoms with Crippen LogP contribution in [0.2, 0.25) is 0 Å². The number of phenols is 1. The van der Waals surface area contributed by atoms with Gasteiger partial charge in [-0.15, -0.1) is 0 Å². The van der Waals surface area contributed by atoms with E-state index in [1.165, 1.54) is 30.5 Å². The van der Waals surface area contributed by atoms with Gasteiger partial charge in [-0.05, 0) is 24.3 Å². The van der Waals surface area contributed by atoms with Crippen LogP contribution in [-0.4, -0.2) is 21.2 Å². The maximum atomic E-state index is 13.1. The molecule has 32 heavy (non-hydrogen) atoms. The topological polar surface area (TPSA) is 131 Å². The lowest BCUT2D eigenvalue weighted by Gasteiger charge is -2.12. The lowest BCUT2D eigenvalue weighted by molar-refractivity contribution is -0.392. The quantitative estimate of drug-likeness (QED) is 0.283. The molecule has 12 heteroatoms. The second-order valence-electron chi connectivity index (χ2n) is 6.36. The van der Waals surface area contributed by atoms with Gasteiger partial charge < -0.3 is 10.4 Å². The van der Waals surface area contributed by atoms with Crippen molar-refractivity contribution in [3.8, 4) is 5.75 Å². The summed E-state index contributed by atoms with van der Waals surface area (Å²) in [4.78, 5) is 24.7. The van der Waals surface area contributed by atoms with Gasteiger partial charge in [0.15, 0.2) is 5.69 Å². The number of nitrogens with zero attached hydrogens (tertiary/aromatic N) is 3. The Morgan fingerprint density at radius 3 is 2.06 bits per heavy atom. The number of aliphatic imine (C=N–C) groups is 1. The summed E-state index contributed by atoms with van der Waals surface area (Å²) >= 11 is 0. The van der Waals surface area contributed by atoms with E-state index in [0.717, 1.165) is 0 Å². The van der Waals surface area contributed by atoms with E-state index in [-0.39, 0.29) is 29.3 Å². The monoisotopic (exact) mass is 446 g/mol. The predicted molar refractivity (Wildman–Crippen MR) is 110 cm³/mol. The lowest BCUT2D eigenvalue weighted by atomic mass is 10.1. The van der Waals surface area contributed by atoms with E-state index in [4.69, 9.17) is 0 Å². The molecule has 0 saturated heterocycles. The fraction of sp³-hybridized carbons (Fsp3) is 0.0500. The van der Waals surface area contributed by atoms with Gasteiger partial charge in [0.25, 0.3) is 11.4 Å². The van der Waals surface area contributed by atoms with E-state index in [2.05, 4.69) is 10.3 Å². The number of nitrogens with one attached hydrogen (secondary N) is 1. The molecule has 9 nitrogen and oxygen atoms in total. The van der Waals surface area contributed by atoms with Crippen LogP contribution in [-0.2, 0) is 6.18 Å². The van der Waals surface area contributed by atoms with Crippen molar-refractivity contribution in [1.82, 2.24) is 0 Å². The maximum Gasteiger partial charge on any atom is 0.416 e. The Morgan fingerprint density at radius 2 is 1.50 bits per heavy atom. The van der Waals surface area contributed by atoms with Crippen LogP contribution in [0.25, 0.3) is 0 Å². The molecule has 3 aromatic rings. The van der Waals surface area contributed by atoms with Crippen LogP contribution < -0.4 is 5.32 Å².